The standard InChI is InChI=1S/C32H30Cl2N2O4/c1-16-3-12-22-17(2)23-24-26(30(39)35(28(24)37)14-18-4-8-20(33)9-5-18)32(22,13-16)27-25(23)29(38)36(31(27)40)15-19-6-10-21(34)11-7-19/h4-11,16,23-27H,3,12-15H2,1-2H3/t16-,23?,24-,25+,26-,27-,32?/m1/s1. The molecule has 4 fully saturated rings. The van der Waals surface area contributed by atoms with Gasteiger partial charge in [-0.05, 0) is 67.5 Å². The van der Waals surface area contributed by atoms with Crippen molar-refractivity contribution in [1.29, 1.82) is 0 Å². The average molecular weight is 578 g/mol. The van der Waals surface area contributed by atoms with Gasteiger partial charge in [-0.15, -0.1) is 0 Å². The molecule has 6 aliphatic rings. The maximum atomic E-state index is 14.3. The molecule has 2 aliphatic heterocycles. The molecule has 40 heavy (non-hydrogen) atoms. The van der Waals surface area contributed by atoms with Gasteiger partial charge >= 0.3 is 0 Å². The van der Waals surface area contributed by atoms with Gasteiger partial charge in [0.05, 0.1) is 36.8 Å². The minimum absolute atomic E-state index is 0.161. The number of amides is 4. The van der Waals surface area contributed by atoms with Gasteiger partial charge in [0, 0.05) is 21.4 Å². The molecule has 0 aromatic heterocycles. The molecule has 2 saturated carbocycles. The molecule has 2 saturated heterocycles. The lowest BCUT2D eigenvalue weighted by Gasteiger charge is -2.61. The number of rotatable bonds is 4. The fraction of sp³-hybridized carbons (Fsp3) is 0.438. The van der Waals surface area contributed by atoms with Crippen molar-refractivity contribution in [3.63, 3.8) is 0 Å². The lowest BCUT2D eigenvalue weighted by Crippen LogP contribution is -2.62. The summed E-state index contributed by atoms with van der Waals surface area (Å²) in [6.45, 7) is 4.52. The highest BCUT2D eigenvalue weighted by Gasteiger charge is 2.77. The number of hydrogen-bond donors (Lipinski definition) is 0. The van der Waals surface area contributed by atoms with Crippen molar-refractivity contribution in [2.75, 3.05) is 0 Å². The Morgan fingerprint density at radius 3 is 1.62 bits per heavy atom. The molecule has 2 aromatic rings. The third-order valence-corrected chi connectivity index (χ3v) is 10.9. The maximum absolute atomic E-state index is 14.3. The third kappa shape index (κ3) is 3.41. The molecule has 1 spiro atoms. The molecule has 0 N–H and O–H groups in total. The Morgan fingerprint density at radius 2 is 1.18 bits per heavy atom. The normalized spacial score (nSPS) is 34.5. The number of imide groups is 2. The largest absolute Gasteiger partial charge is 0.278 e. The highest BCUT2D eigenvalue weighted by molar-refractivity contribution is 6.30. The van der Waals surface area contributed by atoms with E-state index in [1.54, 1.807) is 24.3 Å². The van der Waals surface area contributed by atoms with Crippen LogP contribution in [0.5, 0.6) is 0 Å². The molecule has 2 heterocycles. The molecule has 6 nitrogen and oxygen atoms in total. The first kappa shape index (κ1) is 26.0. The molecule has 206 valence electrons. The average Bonchev–Trinajstić information content (AvgIpc) is 3.33. The summed E-state index contributed by atoms with van der Waals surface area (Å²) in [5.41, 5.74) is 3.03. The lowest BCUT2D eigenvalue weighted by molar-refractivity contribution is -0.154. The summed E-state index contributed by atoms with van der Waals surface area (Å²) in [5, 5.41) is 1.17. The third-order valence-electron chi connectivity index (χ3n) is 10.4. The molecule has 8 rings (SSSR count). The number of halogens is 2. The van der Waals surface area contributed by atoms with E-state index in [0.717, 1.165) is 35.1 Å². The van der Waals surface area contributed by atoms with Crippen LogP contribution < -0.4 is 0 Å². The monoisotopic (exact) mass is 576 g/mol. The summed E-state index contributed by atoms with van der Waals surface area (Å²) in [5.74, 6) is -3.51. The number of carbonyl (C=O) groups excluding carboxylic acids is 4. The van der Waals surface area contributed by atoms with Gasteiger partial charge in [0.1, 0.15) is 0 Å². The van der Waals surface area contributed by atoms with E-state index in [-0.39, 0.29) is 42.6 Å². The van der Waals surface area contributed by atoms with E-state index in [2.05, 4.69) is 6.92 Å². The Hall–Kier alpha value is -2.96. The zero-order valence-electron chi connectivity index (χ0n) is 22.4. The number of benzene rings is 2. The summed E-state index contributed by atoms with van der Waals surface area (Å²) in [4.78, 5) is 59.6. The second kappa shape index (κ2) is 9.02. The van der Waals surface area contributed by atoms with Gasteiger partial charge in [-0.2, -0.15) is 0 Å². The van der Waals surface area contributed by atoms with Gasteiger partial charge in [0.2, 0.25) is 23.6 Å². The fourth-order valence-corrected chi connectivity index (χ4v) is 9.19. The summed E-state index contributed by atoms with van der Waals surface area (Å²) < 4.78 is 0. The molecule has 2 unspecified atom stereocenters. The van der Waals surface area contributed by atoms with E-state index < -0.39 is 35.0 Å². The van der Waals surface area contributed by atoms with Crippen molar-refractivity contribution in [3.05, 3.63) is 80.8 Å². The van der Waals surface area contributed by atoms with Crippen molar-refractivity contribution >= 4 is 46.8 Å². The number of likely N-dealkylation sites (tertiary alicyclic amines) is 2. The second-order valence-corrected chi connectivity index (χ2v) is 13.2. The number of allylic oxidation sites excluding steroid dienone is 2. The van der Waals surface area contributed by atoms with Crippen molar-refractivity contribution in [2.45, 2.75) is 46.2 Å². The van der Waals surface area contributed by atoms with Crippen LogP contribution in [0, 0.1) is 40.9 Å². The van der Waals surface area contributed by atoms with Gasteiger partial charge in [0.25, 0.3) is 0 Å². The summed E-state index contributed by atoms with van der Waals surface area (Å²) in [7, 11) is 0. The quantitative estimate of drug-likeness (QED) is 0.347. The predicted octanol–water partition coefficient (Wildman–Crippen LogP) is 5.66. The van der Waals surface area contributed by atoms with Crippen molar-refractivity contribution in [3.8, 4) is 0 Å². The summed E-state index contributed by atoms with van der Waals surface area (Å²) in [6, 6.07) is 14.3. The number of nitrogens with zero attached hydrogens (tertiary/aromatic N) is 2. The Balaban J connectivity index is 1.32. The Morgan fingerprint density at radius 1 is 0.725 bits per heavy atom. The first-order valence-electron chi connectivity index (χ1n) is 14.0. The van der Waals surface area contributed by atoms with E-state index in [4.69, 9.17) is 23.2 Å². The lowest BCUT2D eigenvalue weighted by atomic mass is 9.39. The SMILES string of the molecule is CC1=C2CC[C@@H](C)CC23[C@H]2C(=O)N(Cc4ccc(Cl)cc4)C(=O)[C@@H]2C1[C@@H]1C(=O)N(Cc2ccc(Cl)cc2)C(=O)[C@@H]13. The Bertz CT molecular complexity index is 1410. The van der Waals surface area contributed by atoms with Gasteiger partial charge in [-0.25, -0.2) is 0 Å². The van der Waals surface area contributed by atoms with Gasteiger partial charge < -0.3 is 0 Å². The first-order chi connectivity index (χ1) is 19.1. The molecule has 2 aromatic carbocycles. The van der Waals surface area contributed by atoms with Crippen LogP contribution in [-0.4, -0.2) is 33.4 Å². The molecular weight excluding hydrogens is 547 g/mol. The number of hydrogen-bond acceptors (Lipinski definition) is 4. The minimum Gasteiger partial charge on any atom is -0.278 e. The van der Waals surface area contributed by atoms with E-state index >= 15 is 0 Å². The molecular formula is C32H30Cl2N2O4. The van der Waals surface area contributed by atoms with Crippen LogP contribution in [0.3, 0.4) is 0 Å². The topological polar surface area (TPSA) is 74.8 Å². The van der Waals surface area contributed by atoms with Gasteiger partial charge in [-0.1, -0.05) is 65.5 Å². The molecule has 0 radical (unpaired) electrons. The molecule has 4 amide bonds. The zero-order chi connectivity index (χ0) is 28.1. The molecule has 2 bridgehead atoms. The Kier molecular flexibility index (Phi) is 5.86. The van der Waals surface area contributed by atoms with E-state index in [1.807, 2.05) is 31.2 Å². The molecule has 8 heteroatoms. The highest BCUT2D eigenvalue weighted by Crippen LogP contribution is 2.72. The van der Waals surface area contributed by atoms with Gasteiger partial charge in [-0.3, -0.25) is 29.0 Å². The zero-order valence-corrected chi connectivity index (χ0v) is 23.9. The maximum Gasteiger partial charge on any atom is 0.234 e. The van der Waals surface area contributed by atoms with Crippen LogP contribution in [0.2, 0.25) is 10.0 Å². The van der Waals surface area contributed by atoms with Crippen molar-refractivity contribution in [2.24, 2.45) is 40.9 Å². The van der Waals surface area contributed by atoms with Crippen LogP contribution in [0.1, 0.15) is 44.2 Å². The van der Waals surface area contributed by atoms with Crippen molar-refractivity contribution in [1.82, 2.24) is 9.80 Å². The van der Waals surface area contributed by atoms with E-state index in [1.165, 1.54) is 9.80 Å². The van der Waals surface area contributed by atoms with E-state index in [9.17, 15) is 19.2 Å². The summed E-state index contributed by atoms with van der Waals surface area (Å²) >= 11 is 12.1. The number of carbonyl (C=O) groups is 4. The first-order valence-corrected chi connectivity index (χ1v) is 14.8. The van der Waals surface area contributed by atoms with Crippen LogP contribution >= 0.6 is 23.2 Å². The van der Waals surface area contributed by atoms with Crippen LogP contribution in [0.15, 0.2) is 59.7 Å². The minimum atomic E-state index is -0.811. The van der Waals surface area contributed by atoms with Crippen LogP contribution in [0.25, 0.3) is 0 Å². The highest BCUT2D eigenvalue weighted by atomic mass is 35.5. The van der Waals surface area contributed by atoms with E-state index in [0.29, 0.717) is 16.5 Å². The summed E-state index contributed by atoms with van der Waals surface area (Å²) in [6.07, 6.45) is 2.41. The Labute approximate surface area is 243 Å². The fourth-order valence-electron chi connectivity index (χ4n) is 8.94. The van der Waals surface area contributed by atoms with Gasteiger partial charge in [0.15, 0.2) is 0 Å². The van der Waals surface area contributed by atoms with Crippen LogP contribution in [0.4, 0.5) is 0 Å². The smallest absolute Gasteiger partial charge is 0.234 e. The molecule has 7 atom stereocenters. The second-order valence-electron chi connectivity index (χ2n) is 12.4. The van der Waals surface area contributed by atoms with Crippen molar-refractivity contribution < 1.29 is 19.2 Å². The molecule has 4 aliphatic carbocycles. The predicted molar refractivity (Wildman–Crippen MR) is 150 cm³/mol. The van der Waals surface area contributed by atoms with Crippen LogP contribution in [-0.2, 0) is 32.3 Å².